The maximum Gasteiger partial charge on any atom is 0.0470 e. The topological polar surface area (TPSA) is 29.3 Å². The Morgan fingerprint density at radius 1 is 1.06 bits per heavy atom. The summed E-state index contributed by atoms with van der Waals surface area (Å²) in [6.45, 7) is 3.04. The van der Waals surface area contributed by atoms with Crippen LogP contribution in [0.5, 0.6) is 0 Å². The fourth-order valence-electron chi connectivity index (χ4n) is 2.62. The molecular weight excluding hydrogens is 356 g/mol. The van der Waals surface area contributed by atoms with Crippen LogP contribution in [0.25, 0.3) is 0 Å². The molecule has 18 heavy (non-hydrogen) atoms. The Morgan fingerprint density at radius 3 is 2.28 bits per heavy atom. The Morgan fingerprint density at radius 2 is 1.72 bits per heavy atom. The first-order valence-electron chi connectivity index (χ1n) is 6.61. The molecule has 1 aliphatic rings. The minimum Gasteiger partial charge on any atom is -0.329 e. The Kier molecular flexibility index (Phi) is 5.67. The fourth-order valence-corrected chi connectivity index (χ4v) is 3.27. The number of benzene rings is 1. The van der Waals surface area contributed by atoms with Crippen molar-refractivity contribution in [1.29, 1.82) is 0 Å². The van der Waals surface area contributed by atoms with Crippen LogP contribution in [-0.4, -0.2) is 24.5 Å². The zero-order valence-corrected chi connectivity index (χ0v) is 13.7. The van der Waals surface area contributed by atoms with Crippen LogP contribution in [-0.2, 0) is 0 Å². The first-order chi connectivity index (χ1) is 8.72. The molecule has 0 spiro atoms. The Hall–Kier alpha value is 0.1000. The van der Waals surface area contributed by atoms with E-state index in [0.29, 0.717) is 12.6 Å². The van der Waals surface area contributed by atoms with Gasteiger partial charge in [0.05, 0.1) is 0 Å². The lowest BCUT2D eigenvalue weighted by Crippen LogP contribution is -2.34. The van der Waals surface area contributed by atoms with E-state index in [2.05, 4.69) is 55.0 Å². The highest BCUT2D eigenvalue weighted by Gasteiger charge is 2.20. The van der Waals surface area contributed by atoms with Crippen molar-refractivity contribution in [2.24, 2.45) is 5.73 Å². The molecule has 1 heterocycles. The van der Waals surface area contributed by atoms with Crippen molar-refractivity contribution in [2.75, 3.05) is 19.6 Å². The zero-order chi connectivity index (χ0) is 13.0. The lowest BCUT2D eigenvalue weighted by molar-refractivity contribution is 0.209. The highest BCUT2D eigenvalue weighted by atomic mass is 79.9. The molecule has 0 amide bonds. The third kappa shape index (κ3) is 3.56. The van der Waals surface area contributed by atoms with Gasteiger partial charge in [-0.1, -0.05) is 18.9 Å². The van der Waals surface area contributed by atoms with Crippen LogP contribution in [0.3, 0.4) is 0 Å². The number of rotatable bonds is 3. The fraction of sp³-hybridized carbons (Fsp3) is 0.571. The van der Waals surface area contributed by atoms with Crippen molar-refractivity contribution in [3.05, 3.63) is 32.7 Å². The number of likely N-dealkylation sites (tertiary alicyclic amines) is 1. The van der Waals surface area contributed by atoms with Gasteiger partial charge in [-0.05, 0) is 75.5 Å². The van der Waals surface area contributed by atoms with Gasteiger partial charge in [-0.25, -0.2) is 0 Å². The van der Waals surface area contributed by atoms with E-state index in [4.69, 9.17) is 5.73 Å². The molecule has 0 aromatic heterocycles. The van der Waals surface area contributed by atoms with Crippen LogP contribution >= 0.6 is 31.9 Å². The first kappa shape index (κ1) is 14.5. The lowest BCUT2D eigenvalue weighted by atomic mass is 10.1. The maximum atomic E-state index is 6.01. The summed E-state index contributed by atoms with van der Waals surface area (Å²) >= 11 is 7.09. The second-order valence-corrected chi connectivity index (χ2v) is 6.58. The minimum absolute atomic E-state index is 0.354. The van der Waals surface area contributed by atoms with E-state index < -0.39 is 0 Å². The van der Waals surface area contributed by atoms with Gasteiger partial charge in [0.1, 0.15) is 0 Å². The van der Waals surface area contributed by atoms with Gasteiger partial charge < -0.3 is 5.73 Å². The Balaban J connectivity index is 2.17. The molecule has 1 aromatic rings. The molecule has 4 heteroatoms. The molecule has 0 saturated carbocycles. The molecule has 100 valence electrons. The van der Waals surface area contributed by atoms with E-state index in [1.807, 2.05) is 0 Å². The second-order valence-electron chi connectivity index (χ2n) is 4.88. The van der Waals surface area contributed by atoms with Crippen molar-refractivity contribution >= 4 is 31.9 Å². The summed E-state index contributed by atoms with van der Waals surface area (Å²) in [5, 5.41) is 0. The summed E-state index contributed by atoms with van der Waals surface area (Å²) in [4.78, 5) is 2.54. The van der Waals surface area contributed by atoms with Crippen LogP contribution in [0.1, 0.15) is 37.3 Å². The monoisotopic (exact) mass is 374 g/mol. The normalized spacial score (nSPS) is 19.5. The van der Waals surface area contributed by atoms with Crippen LogP contribution in [0.4, 0.5) is 0 Å². The summed E-state index contributed by atoms with van der Waals surface area (Å²) in [6, 6.07) is 6.82. The molecular formula is C14H20Br2N2. The molecule has 1 unspecified atom stereocenters. The lowest BCUT2D eigenvalue weighted by Gasteiger charge is -2.30. The third-order valence-electron chi connectivity index (χ3n) is 3.63. The van der Waals surface area contributed by atoms with E-state index >= 15 is 0 Å². The van der Waals surface area contributed by atoms with E-state index in [1.54, 1.807) is 0 Å². The molecule has 1 aliphatic heterocycles. The Bertz CT molecular complexity index is 387. The zero-order valence-electron chi connectivity index (χ0n) is 10.5. The SMILES string of the molecule is NCC(c1ccc(Br)c(Br)c1)N1CCCCCC1. The average molecular weight is 376 g/mol. The van der Waals surface area contributed by atoms with Gasteiger partial charge in [-0.15, -0.1) is 0 Å². The number of nitrogens with two attached hydrogens (primary N) is 1. The standard InChI is InChI=1S/C14H20Br2N2/c15-12-6-5-11(9-13(12)16)14(10-17)18-7-3-1-2-4-8-18/h5-6,9,14H,1-4,7-8,10,17H2. The number of halogens is 2. The van der Waals surface area contributed by atoms with Crippen molar-refractivity contribution in [3.8, 4) is 0 Å². The van der Waals surface area contributed by atoms with Gasteiger partial charge in [0.15, 0.2) is 0 Å². The van der Waals surface area contributed by atoms with Crippen LogP contribution in [0.15, 0.2) is 27.1 Å². The van der Waals surface area contributed by atoms with Gasteiger partial charge in [-0.3, -0.25) is 4.90 Å². The van der Waals surface area contributed by atoms with Crippen LogP contribution in [0, 0.1) is 0 Å². The minimum atomic E-state index is 0.354. The van der Waals surface area contributed by atoms with E-state index in [-0.39, 0.29) is 0 Å². The largest absolute Gasteiger partial charge is 0.329 e. The summed E-state index contributed by atoms with van der Waals surface area (Å²) in [5.41, 5.74) is 7.32. The third-order valence-corrected chi connectivity index (χ3v) is 5.51. The van der Waals surface area contributed by atoms with E-state index in [9.17, 15) is 0 Å². The summed E-state index contributed by atoms with van der Waals surface area (Å²) in [6.07, 6.45) is 5.32. The summed E-state index contributed by atoms with van der Waals surface area (Å²) in [5.74, 6) is 0. The number of hydrogen-bond acceptors (Lipinski definition) is 2. The average Bonchev–Trinajstić information content (AvgIpc) is 2.64. The predicted molar refractivity (Wildman–Crippen MR) is 83.7 cm³/mol. The highest BCUT2D eigenvalue weighted by molar-refractivity contribution is 9.13. The predicted octanol–water partition coefficient (Wildman–Crippen LogP) is 4.09. The molecule has 1 saturated heterocycles. The van der Waals surface area contributed by atoms with Gasteiger partial charge in [0, 0.05) is 21.5 Å². The van der Waals surface area contributed by atoms with Gasteiger partial charge in [0.2, 0.25) is 0 Å². The molecule has 1 fully saturated rings. The molecule has 1 aromatic carbocycles. The van der Waals surface area contributed by atoms with Gasteiger partial charge >= 0.3 is 0 Å². The van der Waals surface area contributed by atoms with Crippen molar-refractivity contribution < 1.29 is 0 Å². The molecule has 2 rings (SSSR count). The summed E-state index contributed by atoms with van der Waals surface area (Å²) < 4.78 is 2.20. The van der Waals surface area contributed by atoms with E-state index in [1.165, 1.54) is 44.3 Å². The number of nitrogens with zero attached hydrogens (tertiary/aromatic N) is 1. The highest BCUT2D eigenvalue weighted by Crippen LogP contribution is 2.29. The Labute approximate surface area is 126 Å². The van der Waals surface area contributed by atoms with Crippen LogP contribution < -0.4 is 5.73 Å². The van der Waals surface area contributed by atoms with Crippen LogP contribution in [0.2, 0.25) is 0 Å². The molecule has 2 N–H and O–H groups in total. The first-order valence-corrected chi connectivity index (χ1v) is 8.20. The maximum absolute atomic E-state index is 6.01. The molecule has 0 bridgehead atoms. The molecule has 0 radical (unpaired) electrons. The van der Waals surface area contributed by atoms with Crippen molar-refractivity contribution in [1.82, 2.24) is 4.90 Å². The van der Waals surface area contributed by atoms with Crippen molar-refractivity contribution in [2.45, 2.75) is 31.7 Å². The van der Waals surface area contributed by atoms with Gasteiger partial charge in [0.25, 0.3) is 0 Å². The number of hydrogen-bond donors (Lipinski definition) is 1. The molecule has 0 aliphatic carbocycles. The summed E-state index contributed by atoms with van der Waals surface area (Å²) in [7, 11) is 0. The molecule has 2 nitrogen and oxygen atoms in total. The quantitative estimate of drug-likeness (QED) is 0.861. The smallest absolute Gasteiger partial charge is 0.0470 e. The van der Waals surface area contributed by atoms with Gasteiger partial charge in [-0.2, -0.15) is 0 Å². The van der Waals surface area contributed by atoms with Crippen molar-refractivity contribution in [3.63, 3.8) is 0 Å². The second kappa shape index (κ2) is 7.04. The molecule has 1 atom stereocenters. The van der Waals surface area contributed by atoms with E-state index in [0.717, 1.165) is 8.95 Å².